The average Bonchev–Trinajstić information content (AvgIpc) is 3.13. The zero-order valence-electron chi connectivity index (χ0n) is 20.7. The fraction of sp³-hybridized carbons (Fsp3) is 0.310. The Morgan fingerprint density at radius 3 is 2.39 bits per heavy atom. The molecule has 4 rings (SSSR count). The third-order valence-corrected chi connectivity index (χ3v) is 8.18. The van der Waals surface area contributed by atoms with Crippen molar-refractivity contribution in [3.63, 3.8) is 0 Å². The maximum atomic E-state index is 14.0. The monoisotopic (exact) mass is 522 g/mol. The van der Waals surface area contributed by atoms with Gasteiger partial charge in [0.2, 0.25) is 11.8 Å². The highest BCUT2D eigenvalue weighted by Crippen LogP contribution is 2.53. The second-order valence-corrected chi connectivity index (χ2v) is 11.3. The minimum Gasteiger partial charge on any atom is -0.392 e. The minimum absolute atomic E-state index is 0.0565. The van der Waals surface area contributed by atoms with Crippen molar-refractivity contribution >= 4 is 35.2 Å². The summed E-state index contributed by atoms with van der Waals surface area (Å²) in [6.07, 6.45) is 0.0565. The van der Waals surface area contributed by atoms with E-state index in [0.29, 0.717) is 5.02 Å². The van der Waals surface area contributed by atoms with Gasteiger partial charge >= 0.3 is 0 Å². The molecule has 0 saturated carbocycles. The molecule has 1 aliphatic heterocycles. The van der Waals surface area contributed by atoms with Crippen LogP contribution < -0.4 is 5.32 Å². The largest absolute Gasteiger partial charge is 0.392 e. The number of benzene rings is 3. The normalized spacial score (nSPS) is 19.7. The Kier molecular flexibility index (Phi) is 8.08. The molecule has 0 aromatic heterocycles. The molecule has 1 saturated heterocycles. The van der Waals surface area contributed by atoms with Crippen molar-refractivity contribution in [1.29, 1.82) is 0 Å². The highest BCUT2D eigenvalue weighted by Gasteiger charge is 2.58. The van der Waals surface area contributed by atoms with Gasteiger partial charge in [-0.05, 0) is 55.7 Å². The number of carbonyl (C=O) groups excluding carboxylic acids is 2. The number of rotatable bonds is 8. The van der Waals surface area contributed by atoms with Crippen LogP contribution in [0.25, 0.3) is 0 Å². The van der Waals surface area contributed by atoms with Gasteiger partial charge in [0.1, 0.15) is 4.75 Å². The van der Waals surface area contributed by atoms with Gasteiger partial charge in [-0.25, -0.2) is 0 Å². The van der Waals surface area contributed by atoms with E-state index in [1.54, 1.807) is 4.90 Å². The number of amides is 2. The average molecular weight is 523 g/mol. The highest BCUT2D eigenvalue weighted by atomic mass is 35.5. The lowest BCUT2D eigenvalue weighted by molar-refractivity contribution is -0.129. The third-order valence-electron chi connectivity index (χ3n) is 6.39. The Hall–Kier alpha value is -2.80. The number of aryl methyl sites for hydroxylation is 1. The maximum Gasteiger partial charge on any atom is 0.239 e. The lowest BCUT2D eigenvalue weighted by Gasteiger charge is -2.37. The third kappa shape index (κ3) is 5.46. The summed E-state index contributed by atoms with van der Waals surface area (Å²) in [4.78, 5) is 30.4. The molecule has 36 heavy (non-hydrogen) atoms. The van der Waals surface area contributed by atoms with Crippen LogP contribution in [0.15, 0.2) is 77.7 Å². The molecule has 1 fully saturated rings. The van der Waals surface area contributed by atoms with Crippen LogP contribution in [-0.4, -0.2) is 32.6 Å². The quantitative estimate of drug-likeness (QED) is 0.400. The predicted octanol–water partition coefficient (Wildman–Crippen LogP) is 5.67. The van der Waals surface area contributed by atoms with Gasteiger partial charge < -0.3 is 15.3 Å². The second-order valence-electron chi connectivity index (χ2n) is 9.52. The van der Waals surface area contributed by atoms with Crippen molar-refractivity contribution in [3.8, 4) is 0 Å². The molecular formula is C29H31ClN2O3S. The number of hydrogen-bond acceptors (Lipinski definition) is 4. The Bertz CT molecular complexity index is 1230. The van der Waals surface area contributed by atoms with Crippen molar-refractivity contribution in [1.82, 2.24) is 10.2 Å². The van der Waals surface area contributed by atoms with Crippen molar-refractivity contribution in [2.24, 2.45) is 0 Å². The zero-order valence-corrected chi connectivity index (χ0v) is 22.3. The molecule has 1 heterocycles. The Labute approximate surface area is 221 Å². The first-order valence-corrected chi connectivity index (χ1v) is 13.2. The van der Waals surface area contributed by atoms with Crippen molar-refractivity contribution in [3.05, 3.63) is 100 Å². The van der Waals surface area contributed by atoms with Gasteiger partial charge in [-0.15, -0.1) is 11.8 Å². The smallest absolute Gasteiger partial charge is 0.239 e. The topological polar surface area (TPSA) is 69.6 Å². The van der Waals surface area contributed by atoms with Gasteiger partial charge in [-0.3, -0.25) is 9.59 Å². The molecule has 2 atom stereocenters. The first kappa shape index (κ1) is 26.3. The number of aliphatic hydroxyl groups excluding tert-OH is 1. The summed E-state index contributed by atoms with van der Waals surface area (Å²) in [6, 6.07) is 22.4. The van der Waals surface area contributed by atoms with Gasteiger partial charge in [0.15, 0.2) is 0 Å². The number of likely N-dealkylation sites (tertiary alicyclic amines) is 1. The highest BCUT2D eigenvalue weighted by molar-refractivity contribution is 8.01. The van der Waals surface area contributed by atoms with E-state index in [9.17, 15) is 14.7 Å². The zero-order chi connectivity index (χ0) is 25.9. The van der Waals surface area contributed by atoms with Gasteiger partial charge in [0, 0.05) is 22.5 Å². The second kappa shape index (κ2) is 11.1. The van der Waals surface area contributed by atoms with Gasteiger partial charge in [-0.2, -0.15) is 0 Å². The molecule has 2 amide bonds. The molecule has 0 spiro atoms. The number of thioether (sulfide) groups is 1. The van der Waals surface area contributed by atoms with E-state index < -0.39 is 10.8 Å². The molecular weight excluding hydrogens is 492 g/mol. The Balaban J connectivity index is 1.86. The van der Waals surface area contributed by atoms with Crippen LogP contribution in [0.5, 0.6) is 0 Å². The summed E-state index contributed by atoms with van der Waals surface area (Å²) in [6.45, 7) is 6.07. The minimum atomic E-state index is -1.10. The summed E-state index contributed by atoms with van der Waals surface area (Å²) in [5.74, 6) is -0.279. The molecule has 0 unspecified atom stereocenters. The van der Waals surface area contributed by atoms with Crippen LogP contribution >= 0.6 is 23.4 Å². The van der Waals surface area contributed by atoms with E-state index >= 15 is 0 Å². The van der Waals surface area contributed by atoms with Crippen LogP contribution in [0.2, 0.25) is 5.02 Å². The van der Waals surface area contributed by atoms with E-state index in [-0.39, 0.29) is 37.4 Å². The lowest BCUT2D eigenvalue weighted by atomic mass is 9.90. The van der Waals surface area contributed by atoms with Crippen LogP contribution in [0.3, 0.4) is 0 Å². The fourth-order valence-corrected chi connectivity index (χ4v) is 6.22. The van der Waals surface area contributed by atoms with E-state index in [1.807, 2.05) is 93.6 Å². The molecule has 2 N–H and O–H groups in total. The SMILES string of the molecule is Cc1ccc(S[C@]2(C(=O)NC(C)C)CC(=O)N(Cc3ccccc3Cl)[C@@H]2c2ccc(CO)cc2)cc1. The number of nitrogens with zero attached hydrogens (tertiary/aromatic N) is 1. The van der Waals surface area contributed by atoms with E-state index in [4.69, 9.17) is 11.6 Å². The van der Waals surface area contributed by atoms with E-state index in [2.05, 4.69) is 5.32 Å². The lowest BCUT2D eigenvalue weighted by Crippen LogP contribution is -2.50. The van der Waals surface area contributed by atoms with Crippen molar-refractivity contribution in [2.75, 3.05) is 0 Å². The maximum absolute atomic E-state index is 14.0. The van der Waals surface area contributed by atoms with Gasteiger partial charge in [0.25, 0.3) is 0 Å². The summed E-state index contributed by atoms with van der Waals surface area (Å²) >= 11 is 7.92. The molecule has 3 aromatic carbocycles. The molecule has 0 aliphatic carbocycles. The van der Waals surface area contributed by atoms with Gasteiger partial charge in [0.05, 0.1) is 19.1 Å². The Morgan fingerprint density at radius 2 is 1.78 bits per heavy atom. The number of nitrogens with one attached hydrogen (secondary N) is 1. The molecule has 5 nitrogen and oxygen atoms in total. The molecule has 7 heteroatoms. The molecule has 188 valence electrons. The number of carbonyl (C=O) groups is 2. The first-order chi connectivity index (χ1) is 17.2. The van der Waals surface area contributed by atoms with Crippen molar-refractivity contribution < 1.29 is 14.7 Å². The number of hydrogen-bond donors (Lipinski definition) is 2. The summed E-state index contributed by atoms with van der Waals surface area (Å²) < 4.78 is -1.10. The first-order valence-electron chi connectivity index (χ1n) is 12.0. The molecule has 3 aromatic rings. The van der Waals surface area contributed by atoms with Gasteiger partial charge in [-0.1, -0.05) is 71.8 Å². The fourth-order valence-electron chi connectivity index (χ4n) is 4.61. The standard InChI is InChI=1S/C29H31ClN2O3S/c1-19(2)31-28(35)29(36-24-14-8-20(3)9-15-24)16-26(34)32(17-23-6-4-5-7-25(23)30)27(29)22-12-10-21(18-33)11-13-22/h4-15,19,27,33H,16-18H2,1-3H3,(H,31,35)/t27-,29-/m1/s1. The molecule has 0 radical (unpaired) electrons. The predicted molar refractivity (Wildman–Crippen MR) is 145 cm³/mol. The van der Waals surface area contributed by atoms with E-state index in [1.165, 1.54) is 11.8 Å². The van der Waals surface area contributed by atoms with Crippen LogP contribution in [0.4, 0.5) is 0 Å². The van der Waals surface area contributed by atoms with E-state index in [0.717, 1.165) is 27.1 Å². The van der Waals surface area contributed by atoms with Crippen molar-refractivity contribution in [2.45, 2.75) is 62.1 Å². The Morgan fingerprint density at radius 1 is 1.11 bits per heavy atom. The summed E-state index contributed by atoms with van der Waals surface area (Å²) in [5, 5.41) is 13.2. The summed E-state index contributed by atoms with van der Waals surface area (Å²) in [5.41, 5.74) is 3.55. The van der Waals surface area contributed by atoms with Crippen LogP contribution in [0, 0.1) is 6.92 Å². The molecule has 0 bridgehead atoms. The number of aliphatic hydroxyl groups is 1. The summed E-state index contributed by atoms with van der Waals surface area (Å²) in [7, 11) is 0. The van der Waals surface area contributed by atoms with Crippen LogP contribution in [-0.2, 0) is 22.7 Å². The van der Waals surface area contributed by atoms with Crippen LogP contribution in [0.1, 0.15) is 48.6 Å². The number of halogens is 1. The molecule has 1 aliphatic rings.